The predicted molar refractivity (Wildman–Crippen MR) is 59.9 cm³/mol. The van der Waals surface area contributed by atoms with E-state index in [9.17, 15) is 0 Å². The van der Waals surface area contributed by atoms with E-state index in [4.69, 9.17) is 5.84 Å². The van der Waals surface area contributed by atoms with Gasteiger partial charge in [-0.2, -0.15) is 0 Å². The minimum atomic E-state index is 0.369. The van der Waals surface area contributed by atoms with Crippen LogP contribution >= 0.6 is 0 Å². The Morgan fingerprint density at radius 3 is 2.64 bits per heavy atom. The highest BCUT2D eigenvalue weighted by Crippen LogP contribution is 2.28. The second-order valence-electron chi connectivity index (χ2n) is 4.26. The topological polar surface area (TPSA) is 62.4 Å². The predicted octanol–water partition coefficient (Wildman–Crippen LogP) is 0.994. The Balaban J connectivity index is 2.17. The highest BCUT2D eigenvalue weighted by atomic mass is 15.3. The number of nitrogens with zero attached hydrogens (tertiary/aromatic N) is 1. The lowest BCUT2D eigenvalue weighted by Crippen LogP contribution is -2.44. The fourth-order valence-electron chi connectivity index (χ4n) is 1.55. The molecule has 1 rings (SSSR count). The van der Waals surface area contributed by atoms with E-state index in [0.29, 0.717) is 12.0 Å². The van der Waals surface area contributed by atoms with Crippen molar-refractivity contribution < 1.29 is 0 Å². The van der Waals surface area contributed by atoms with Crippen molar-refractivity contribution in [2.75, 3.05) is 6.54 Å². The number of nitrogens with two attached hydrogens (primary N) is 1. The van der Waals surface area contributed by atoms with Crippen LogP contribution in [0.25, 0.3) is 0 Å². The van der Waals surface area contributed by atoms with Crippen LogP contribution in [0.15, 0.2) is 4.99 Å². The maximum absolute atomic E-state index is 5.34. The van der Waals surface area contributed by atoms with E-state index >= 15 is 0 Å². The van der Waals surface area contributed by atoms with E-state index in [2.05, 4.69) is 29.6 Å². The molecular formula is C10H22N4. The third-order valence-electron chi connectivity index (χ3n) is 2.59. The Bertz CT molecular complexity index is 185. The van der Waals surface area contributed by atoms with Gasteiger partial charge in [-0.1, -0.05) is 19.3 Å². The summed E-state index contributed by atoms with van der Waals surface area (Å²) in [6.45, 7) is 5.02. The average Bonchev–Trinajstić information content (AvgIpc) is 2.06. The molecule has 1 saturated carbocycles. The summed E-state index contributed by atoms with van der Waals surface area (Å²) in [5.74, 6) is 6.96. The SMILES string of the molecule is CC(C)NC(=NCCC1CCC1)NN. The van der Waals surface area contributed by atoms with Crippen LogP contribution in [0.5, 0.6) is 0 Å². The van der Waals surface area contributed by atoms with E-state index < -0.39 is 0 Å². The van der Waals surface area contributed by atoms with Gasteiger partial charge in [0.05, 0.1) is 0 Å². The molecule has 0 amide bonds. The highest BCUT2D eigenvalue weighted by Gasteiger charge is 2.16. The molecule has 0 aromatic heterocycles. The molecule has 0 bridgehead atoms. The Kier molecular flexibility index (Phi) is 4.73. The Morgan fingerprint density at radius 1 is 1.50 bits per heavy atom. The molecule has 14 heavy (non-hydrogen) atoms. The van der Waals surface area contributed by atoms with Crippen molar-refractivity contribution >= 4 is 5.96 Å². The van der Waals surface area contributed by atoms with Crippen LogP contribution in [0.2, 0.25) is 0 Å². The molecule has 4 nitrogen and oxygen atoms in total. The number of guanidine groups is 1. The standard InChI is InChI=1S/C10H22N4/c1-8(2)13-10(14-11)12-7-6-9-4-3-5-9/h8-9H,3-7,11H2,1-2H3,(H2,12,13,14). The lowest BCUT2D eigenvalue weighted by molar-refractivity contribution is 0.300. The molecule has 0 saturated heterocycles. The monoisotopic (exact) mass is 198 g/mol. The van der Waals surface area contributed by atoms with Crippen molar-refractivity contribution in [1.29, 1.82) is 0 Å². The molecule has 0 aromatic rings. The summed E-state index contributed by atoms with van der Waals surface area (Å²) in [5.41, 5.74) is 2.58. The van der Waals surface area contributed by atoms with Gasteiger partial charge in [-0.3, -0.25) is 10.4 Å². The third kappa shape index (κ3) is 3.96. The Hall–Kier alpha value is -0.770. The van der Waals surface area contributed by atoms with E-state index in [0.717, 1.165) is 12.5 Å². The minimum absolute atomic E-state index is 0.369. The smallest absolute Gasteiger partial charge is 0.205 e. The lowest BCUT2D eigenvalue weighted by atomic mass is 9.83. The molecular weight excluding hydrogens is 176 g/mol. The maximum atomic E-state index is 5.34. The molecule has 0 atom stereocenters. The number of hydrazine groups is 1. The Labute approximate surface area is 86.3 Å². The molecule has 0 aromatic carbocycles. The van der Waals surface area contributed by atoms with Gasteiger partial charge in [-0.05, 0) is 26.2 Å². The van der Waals surface area contributed by atoms with Gasteiger partial charge in [0.25, 0.3) is 0 Å². The molecule has 0 unspecified atom stereocenters. The molecule has 1 aliphatic carbocycles. The van der Waals surface area contributed by atoms with Gasteiger partial charge in [-0.25, -0.2) is 5.84 Å². The van der Waals surface area contributed by atoms with Gasteiger partial charge in [0.1, 0.15) is 0 Å². The second kappa shape index (κ2) is 5.86. The zero-order valence-corrected chi connectivity index (χ0v) is 9.21. The summed E-state index contributed by atoms with van der Waals surface area (Å²) < 4.78 is 0. The molecule has 82 valence electrons. The second-order valence-corrected chi connectivity index (χ2v) is 4.26. The van der Waals surface area contributed by atoms with E-state index in [1.807, 2.05) is 0 Å². The largest absolute Gasteiger partial charge is 0.353 e. The number of hydrogen-bond donors (Lipinski definition) is 3. The van der Waals surface area contributed by atoms with Crippen LogP contribution in [-0.4, -0.2) is 18.5 Å². The van der Waals surface area contributed by atoms with Crippen LogP contribution in [-0.2, 0) is 0 Å². The van der Waals surface area contributed by atoms with Gasteiger partial charge >= 0.3 is 0 Å². The van der Waals surface area contributed by atoms with Crippen LogP contribution in [0.3, 0.4) is 0 Å². The molecule has 0 spiro atoms. The fraction of sp³-hybridized carbons (Fsp3) is 0.900. The van der Waals surface area contributed by atoms with Crippen molar-refractivity contribution in [2.24, 2.45) is 16.8 Å². The van der Waals surface area contributed by atoms with Crippen molar-refractivity contribution in [1.82, 2.24) is 10.7 Å². The number of nitrogens with one attached hydrogen (secondary N) is 2. The maximum Gasteiger partial charge on any atom is 0.205 e. The molecule has 0 aliphatic heterocycles. The normalized spacial score (nSPS) is 18.1. The van der Waals surface area contributed by atoms with Gasteiger partial charge < -0.3 is 5.32 Å². The fourth-order valence-corrected chi connectivity index (χ4v) is 1.55. The first-order chi connectivity index (χ1) is 6.72. The molecule has 4 N–H and O–H groups in total. The first-order valence-corrected chi connectivity index (χ1v) is 5.50. The van der Waals surface area contributed by atoms with Crippen LogP contribution in [0.4, 0.5) is 0 Å². The summed E-state index contributed by atoms with van der Waals surface area (Å²) in [5, 5.41) is 3.15. The van der Waals surface area contributed by atoms with E-state index in [1.54, 1.807) is 0 Å². The van der Waals surface area contributed by atoms with Gasteiger partial charge in [-0.15, -0.1) is 0 Å². The zero-order chi connectivity index (χ0) is 10.4. The van der Waals surface area contributed by atoms with Crippen LogP contribution < -0.4 is 16.6 Å². The van der Waals surface area contributed by atoms with Crippen molar-refractivity contribution in [3.05, 3.63) is 0 Å². The molecule has 0 radical (unpaired) electrons. The first kappa shape index (κ1) is 11.3. The van der Waals surface area contributed by atoms with Crippen LogP contribution in [0, 0.1) is 5.92 Å². The number of hydrogen-bond acceptors (Lipinski definition) is 2. The van der Waals surface area contributed by atoms with Crippen molar-refractivity contribution in [2.45, 2.75) is 45.6 Å². The van der Waals surface area contributed by atoms with Gasteiger partial charge in [0.15, 0.2) is 0 Å². The molecule has 1 fully saturated rings. The Morgan fingerprint density at radius 2 is 2.21 bits per heavy atom. The highest BCUT2D eigenvalue weighted by molar-refractivity contribution is 5.79. The van der Waals surface area contributed by atoms with E-state index in [-0.39, 0.29) is 0 Å². The third-order valence-corrected chi connectivity index (χ3v) is 2.59. The first-order valence-electron chi connectivity index (χ1n) is 5.50. The number of rotatable bonds is 4. The molecule has 0 heterocycles. The molecule has 4 heteroatoms. The number of aliphatic imine (C=N–C) groups is 1. The van der Waals surface area contributed by atoms with Crippen molar-refractivity contribution in [3.8, 4) is 0 Å². The summed E-state index contributed by atoms with van der Waals surface area (Å²) in [6.07, 6.45) is 5.38. The summed E-state index contributed by atoms with van der Waals surface area (Å²) in [4.78, 5) is 4.37. The van der Waals surface area contributed by atoms with Crippen molar-refractivity contribution in [3.63, 3.8) is 0 Å². The minimum Gasteiger partial charge on any atom is -0.353 e. The quantitative estimate of drug-likeness (QED) is 0.273. The van der Waals surface area contributed by atoms with E-state index in [1.165, 1.54) is 25.7 Å². The van der Waals surface area contributed by atoms with Gasteiger partial charge in [0, 0.05) is 12.6 Å². The van der Waals surface area contributed by atoms with Crippen LogP contribution in [0.1, 0.15) is 39.5 Å². The summed E-state index contributed by atoms with van der Waals surface area (Å²) in [6, 6.07) is 0.369. The summed E-state index contributed by atoms with van der Waals surface area (Å²) >= 11 is 0. The average molecular weight is 198 g/mol. The van der Waals surface area contributed by atoms with Gasteiger partial charge in [0.2, 0.25) is 5.96 Å². The molecule has 1 aliphatic rings. The summed E-state index contributed by atoms with van der Waals surface area (Å²) in [7, 11) is 0. The lowest BCUT2D eigenvalue weighted by Gasteiger charge is -2.24. The zero-order valence-electron chi connectivity index (χ0n) is 9.21.